The van der Waals surface area contributed by atoms with Crippen LogP contribution < -0.4 is 5.32 Å². The summed E-state index contributed by atoms with van der Waals surface area (Å²) in [7, 11) is 0. The third-order valence-corrected chi connectivity index (χ3v) is 3.53. The average Bonchev–Trinajstić information content (AvgIpc) is 2.41. The predicted octanol–water partition coefficient (Wildman–Crippen LogP) is 2.79. The summed E-state index contributed by atoms with van der Waals surface area (Å²) < 4.78 is 13.7. The number of carbonyl (C=O) groups is 2. The molecule has 0 aromatic heterocycles. The number of carboxylic acid groups (broad SMARTS) is 1. The van der Waals surface area contributed by atoms with Crippen LogP contribution in [0.2, 0.25) is 0 Å². The number of piperidine rings is 1. The summed E-state index contributed by atoms with van der Waals surface area (Å²) in [6, 6.07) is 3.08. The molecular formula is C14H17FN2O3. The number of amides is 2. The molecule has 1 aliphatic rings. The molecule has 1 heterocycles. The molecule has 6 heteroatoms. The van der Waals surface area contributed by atoms with Gasteiger partial charge in [0.05, 0.1) is 11.3 Å². The molecule has 2 rings (SSSR count). The topological polar surface area (TPSA) is 69.6 Å². The summed E-state index contributed by atoms with van der Waals surface area (Å²) in [6.45, 7) is 3.45. The summed E-state index contributed by atoms with van der Waals surface area (Å²) >= 11 is 0. The quantitative estimate of drug-likeness (QED) is 0.875. The monoisotopic (exact) mass is 280 g/mol. The van der Waals surface area contributed by atoms with Crippen molar-refractivity contribution in [1.29, 1.82) is 0 Å². The van der Waals surface area contributed by atoms with E-state index in [1.807, 2.05) is 0 Å². The molecule has 0 radical (unpaired) electrons. The minimum absolute atomic E-state index is 0.00128. The SMILES string of the molecule is CC1CCN(C(=O)Nc2ccc(C(=O)O)cc2F)CC1. The van der Waals surface area contributed by atoms with E-state index in [9.17, 15) is 14.0 Å². The first-order valence-corrected chi connectivity index (χ1v) is 6.56. The van der Waals surface area contributed by atoms with Crippen LogP contribution in [-0.2, 0) is 0 Å². The molecule has 0 spiro atoms. The average molecular weight is 280 g/mol. The first-order chi connectivity index (χ1) is 9.47. The molecule has 1 aliphatic heterocycles. The van der Waals surface area contributed by atoms with Gasteiger partial charge in [0.2, 0.25) is 0 Å². The van der Waals surface area contributed by atoms with Crippen LogP contribution >= 0.6 is 0 Å². The van der Waals surface area contributed by atoms with E-state index in [-0.39, 0.29) is 17.3 Å². The lowest BCUT2D eigenvalue weighted by atomic mass is 10.00. The van der Waals surface area contributed by atoms with Gasteiger partial charge >= 0.3 is 12.0 Å². The van der Waals surface area contributed by atoms with E-state index < -0.39 is 11.8 Å². The van der Waals surface area contributed by atoms with Crippen LogP contribution in [0.15, 0.2) is 18.2 Å². The Morgan fingerprint density at radius 3 is 2.55 bits per heavy atom. The van der Waals surface area contributed by atoms with E-state index in [1.54, 1.807) is 4.90 Å². The second-order valence-electron chi connectivity index (χ2n) is 5.10. The smallest absolute Gasteiger partial charge is 0.335 e. The van der Waals surface area contributed by atoms with Crippen molar-refractivity contribution in [2.75, 3.05) is 18.4 Å². The van der Waals surface area contributed by atoms with Crippen LogP contribution in [0, 0.1) is 11.7 Å². The molecule has 1 aromatic carbocycles. The molecule has 0 atom stereocenters. The zero-order chi connectivity index (χ0) is 14.7. The highest BCUT2D eigenvalue weighted by Crippen LogP contribution is 2.19. The van der Waals surface area contributed by atoms with E-state index >= 15 is 0 Å². The van der Waals surface area contributed by atoms with E-state index in [4.69, 9.17) is 5.11 Å². The highest BCUT2D eigenvalue weighted by molar-refractivity contribution is 5.91. The summed E-state index contributed by atoms with van der Waals surface area (Å²) in [5, 5.41) is 11.2. The van der Waals surface area contributed by atoms with Crippen molar-refractivity contribution in [2.24, 2.45) is 5.92 Å². The molecule has 5 nitrogen and oxygen atoms in total. The van der Waals surface area contributed by atoms with Gasteiger partial charge in [0.15, 0.2) is 0 Å². The highest BCUT2D eigenvalue weighted by atomic mass is 19.1. The van der Waals surface area contributed by atoms with Gasteiger partial charge in [0, 0.05) is 13.1 Å². The number of likely N-dealkylation sites (tertiary alicyclic amines) is 1. The number of halogens is 1. The Morgan fingerprint density at radius 2 is 2.00 bits per heavy atom. The highest BCUT2D eigenvalue weighted by Gasteiger charge is 2.21. The second kappa shape index (κ2) is 5.90. The fourth-order valence-corrected chi connectivity index (χ4v) is 2.16. The van der Waals surface area contributed by atoms with Gasteiger partial charge in [-0.2, -0.15) is 0 Å². The number of hydrogen-bond acceptors (Lipinski definition) is 2. The van der Waals surface area contributed by atoms with Crippen LogP contribution in [0.3, 0.4) is 0 Å². The Morgan fingerprint density at radius 1 is 1.35 bits per heavy atom. The Bertz CT molecular complexity index is 525. The molecule has 0 aliphatic carbocycles. The van der Waals surface area contributed by atoms with Crippen molar-refractivity contribution in [3.05, 3.63) is 29.6 Å². The largest absolute Gasteiger partial charge is 0.478 e. The lowest BCUT2D eigenvalue weighted by molar-refractivity contribution is 0.0696. The van der Waals surface area contributed by atoms with Crippen LogP contribution in [0.1, 0.15) is 30.1 Å². The van der Waals surface area contributed by atoms with E-state index in [0.717, 1.165) is 18.9 Å². The summed E-state index contributed by atoms with van der Waals surface area (Å²) in [5.74, 6) is -1.35. The van der Waals surface area contributed by atoms with Gasteiger partial charge in [0.25, 0.3) is 0 Å². The maximum Gasteiger partial charge on any atom is 0.335 e. The standard InChI is InChI=1S/C14H17FN2O3/c1-9-4-6-17(7-5-9)14(20)16-12-3-2-10(13(18)19)8-11(12)15/h2-3,8-9H,4-7H2,1H3,(H,16,20)(H,18,19). The number of rotatable bonds is 2. The van der Waals surface area contributed by atoms with Crippen LogP contribution in [0.25, 0.3) is 0 Å². The molecule has 1 fully saturated rings. The van der Waals surface area contributed by atoms with Gasteiger partial charge in [-0.15, -0.1) is 0 Å². The van der Waals surface area contributed by atoms with E-state index in [1.165, 1.54) is 12.1 Å². The predicted molar refractivity (Wildman–Crippen MR) is 72.3 cm³/mol. The normalized spacial score (nSPS) is 16.0. The second-order valence-corrected chi connectivity index (χ2v) is 5.10. The third kappa shape index (κ3) is 3.26. The molecule has 20 heavy (non-hydrogen) atoms. The Labute approximate surface area is 116 Å². The Balaban J connectivity index is 2.02. The summed E-state index contributed by atoms with van der Waals surface area (Å²) in [6.07, 6.45) is 1.88. The number of hydrogen-bond donors (Lipinski definition) is 2. The number of aromatic carboxylic acids is 1. The van der Waals surface area contributed by atoms with Gasteiger partial charge in [0.1, 0.15) is 5.82 Å². The molecule has 0 bridgehead atoms. The van der Waals surface area contributed by atoms with Crippen molar-refractivity contribution in [3.63, 3.8) is 0 Å². The zero-order valence-corrected chi connectivity index (χ0v) is 11.2. The van der Waals surface area contributed by atoms with Gasteiger partial charge < -0.3 is 15.3 Å². The molecule has 2 N–H and O–H groups in total. The van der Waals surface area contributed by atoms with Gasteiger partial charge in [-0.1, -0.05) is 6.92 Å². The fraction of sp³-hybridized carbons (Fsp3) is 0.429. The van der Waals surface area contributed by atoms with Crippen molar-refractivity contribution in [3.8, 4) is 0 Å². The Hall–Kier alpha value is -2.11. The van der Waals surface area contributed by atoms with Crippen molar-refractivity contribution < 1.29 is 19.1 Å². The maximum absolute atomic E-state index is 13.7. The molecule has 1 saturated heterocycles. The maximum atomic E-state index is 13.7. The van der Waals surface area contributed by atoms with E-state index in [2.05, 4.69) is 12.2 Å². The number of carboxylic acids is 1. The summed E-state index contributed by atoms with van der Waals surface area (Å²) in [5.41, 5.74) is -0.147. The number of urea groups is 1. The minimum atomic E-state index is -1.20. The number of nitrogens with zero attached hydrogens (tertiary/aromatic N) is 1. The van der Waals surface area contributed by atoms with Gasteiger partial charge in [-0.3, -0.25) is 0 Å². The van der Waals surface area contributed by atoms with Crippen LogP contribution in [0.5, 0.6) is 0 Å². The van der Waals surface area contributed by atoms with Crippen LogP contribution in [0.4, 0.5) is 14.9 Å². The van der Waals surface area contributed by atoms with Gasteiger partial charge in [-0.05, 0) is 37.0 Å². The molecule has 108 valence electrons. The number of anilines is 1. The lowest BCUT2D eigenvalue weighted by Gasteiger charge is -2.30. The molecule has 2 amide bonds. The minimum Gasteiger partial charge on any atom is -0.478 e. The van der Waals surface area contributed by atoms with Gasteiger partial charge in [-0.25, -0.2) is 14.0 Å². The first kappa shape index (κ1) is 14.3. The fourth-order valence-electron chi connectivity index (χ4n) is 2.16. The van der Waals surface area contributed by atoms with Crippen molar-refractivity contribution >= 4 is 17.7 Å². The third-order valence-electron chi connectivity index (χ3n) is 3.53. The van der Waals surface area contributed by atoms with Crippen molar-refractivity contribution in [2.45, 2.75) is 19.8 Å². The molecule has 1 aromatic rings. The molecular weight excluding hydrogens is 263 g/mol. The number of nitrogens with one attached hydrogen (secondary N) is 1. The number of carbonyl (C=O) groups excluding carboxylic acids is 1. The lowest BCUT2D eigenvalue weighted by Crippen LogP contribution is -2.40. The summed E-state index contributed by atoms with van der Waals surface area (Å²) in [4.78, 5) is 24.3. The molecule has 0 unspecified atom stereocenters. The zero-order valence-electron chi connectivity index (χ0n) is 11.2. The van der Waals surface area contributed by atoms with Crippen molar-refractivity contribution in [1.82, 2.24) is 4.90 Å². The van der Waals surface area contributed by atoms with Crippen LogP contribution in [-0.4, -0.2) is 35.1 Å². The van der Waals surface area contributed by atoms with E-state index in [0.29, 0.717) is 19.0 Å². The number of benzene rings is 1. The Kier molecular flexibility index (Phi) is 4.22. The first-order valence-electron chi connectivity index (χ1n) is 6.56. The molecule has 0 saturated carbocycles.